The SMILES string of the molecule is NC1CC(=O)N(c2cccc3cnccc23)C1. The zero-order valence-corrected chi connectivity index (χ0v) is 9.34. The summed E-state index contributed by atoms with van der Waals surface area (Å²) in [6, 6.07) is 7.77. The number of carbonyl (C=O) groups is 1. The molecule has 1 aromatic carbocycles. The van der Waals surface area contributed by atoms with E-state index in [1.165, 1.54) is 0 Å². The van der Waals surface area contributed by atoms with Crippen molar-refractivity contribution in [2.75, 3.05) is 11.4 Å². The van der Waals surface area contributed by atoms with Crippen LogP contribution in [-0.2, 0) is 4.79 Å². The number of aromatic nitrogens is 1. The van der Waals surface area contributed by atoms with Crippen molar-refractivity contribution in [1.29, 1.82) is 0 Å². The molecule has 0 saturated carbocycles. The molecule has 0 aliphatic carbocycles. The molecule has 4 heteroatoms. The molecule has 1 aliphatic rings. The molecule has 1 unspecified atom stereocenters. The van der Waals surface area contributed by atoms with Gasteiger partial charge in [0.1, 0.15) is 0 Å². The topological polar surface area (TPSA) is 59.2 Å². The average Bonchev–Trinajstić information content (AvgIpc) is 2.68. The predicted octanol–water partition coefficient (Wildman–Crippen LogP) is 1.30. The zero-order chi connectivity index (χ0) is 11.8. The van der Waals surface area contributed by atoms with E-state index in [4.69, 9.17) is 5.73 Å². The Balaban J connectivity index is 2.14. The second-order valence-electron chi connectivity index (χ2n) is 4.34. The van der Waals surface area contributed by atoms with Crippen molar-refractivity contribution in [3.05, 3.63) is 36.7 Å². The van der Waals surface area contributed by atoms with E-state index in [9.17, 15) is 4.79 Å². The number of hydrogen-bond donors (Lipinski definition) is 1. The van der Waals surface area contributed by atoms with Gasteiger partial charge in [0.15, 0.2) is 0 Å². The van der Waals surface area contributed by atoms with E-state index < -0.39 is 0 Å². The van der Waals surface area contributed by atoms with Gasteiger partial charge in [-0.3, -0.25) is 9.78 Å². The fraction of sp³-hybridized carbons (Fsp3) is 0.231. The highest BCUT2D eigenvalue weighted by Gasteiger charge is 2.28. The third-order valence-corrected chi connectivity index (χ3v) is 3.10. The minimum Gasteiger partial charge on any atom is -0.326 e. The standard InChI is InChI=1S/C13H13N3O/c14-10-6-13(17)16(8-10)12-3-1-2-9-7-15-5-4-11(9)12/h1-5,7,10H,6,8,14H2. The third-order valence-electron chi connectivity index (χ3n) is 3.10. The van der Waals surface area contributed by atoms with E-state index in [0.29, 0.717) is 13.0 Å². The van der Waals surface area contributed by atoms with Crippen molar-refractivity contribution >= 4 is 22.4 Å². The van der Waals surface area contributed by atoms with Crippen molar-refractivity contribution in [1.82, 2.24) is 4.98 Å². The molecule has 2 aromatic rings. The van der Waals surface area contributed by atoms with Crippen LogP contribution in [0.25, 0.3) is 10.8 Å². The fourth-order valence-corrected chi connectivity index (χ4v) is 2.31. The molecule has 2 N–H and O–H groups in total. The quantitative estimate of drug-likeness (QED) is 0.798. The Morgan fingerprint density at radius 1 is 1.35 bits per heavy atom. The number of hydrogen-bond acceptors (Lipinski definition) is 3. The second-order valence-corrected chi connectivity index (χ2v) is 4.34. The summed E-state index contributed by atoms with van der Waals surface area (Å²) >= 11 is 0. The number of amides is 1. The maximum Gasteiger partial charge on any atom is 0.228 e. The lowest BCUT2D eigenvalue weighted by molar-refractivity contribution is -0.117. The molecule has 0 spiro atoms. The van der Waals surface area contributed by atoms with Gasteiger partial charge >= 0.3 is 0 Å². The van der Waals surface area contributed by atoms with Crippen molar-refractivity contribution in [2.24, 2.45) is 5.73 Å². The number of benzene rings is 1. The van der Waals surface area contributed by atoms with Crippen LogP contribution in [-0.4, -0.2) is 23.5 Å². The van der Waals surface area contributed by atoms with Crippen LogP contribution in [0.2, 0.25) is 0 Å². The summed E-state index contributed by atoms with van der Waals surface area (Å²) in [7, 11) is 0. The lowest BCUT2D eigenvalue weighted by atomic mass is 10.1. The van der Waals surface area contributed by atoms with Crippen LogP contribution in [0.4, 0.5) is 5.69 Å². The molecule has 0 radical (unpaired) electrons. The third kappa shape index (κ3) is 1.66. The second kappa shape index (κ2) is 3.82. The Morgan fingerprint density at radius 2 is 2.24 bits per heavy atom. The summed E-state index contributed by atoms with van der Waals surface area (Å²) in [5, 5.41) is 2.09. The normalized spacial score (nSPS) is 20.2. The first-order valence-electron chi connectivity index (χ1n) is 5.64. The molecule has 1 saturated heterocycles. The first kappa shape index (κ1) is 10.2. The van der Waals surface area contributed by atoms with Gasteiger partial charge < -0.3 is 10.6 Å². The Labute approximate surface area is 99.0 Å². The van der Waals surface area contributed by atoms with E-state index >= 15 is 0 Å². The maximum atomic E-state index is 11.9. The zero-order valence-electron chi connectivity index (χ0n) is 9.34. The summed E-state index contributed by atoms with van der Waals surface area (Å²) < 4.78 is 0. The maximum absolute atomic E-state index is 11.9. The highest BCUT2D eigenvalue weighted by Crippen LogP contribution is 2.28. The van der Waals surface area contributed by atoms with E-state index in [2.05, 4.69) is 4.98 Å². The first-order chi connectivity index (χ1) is 8.25. The Morgan fingerprint density at radius 3 is 3.00 bits per heavy atom. The number of carbonyl (C=O) groups excluding carboxylic acids is 1. The Hall–Kier alpha value is -1.94. The van der Waals surface area contributed by atoms with Crippen LogP contribution in [0.15, 0.2) is 36.7 Å². The summed E-state index contributed by atoms with van der Waals surface area (Å²) in [4.78, 5) is 17.7. The summed E-state index contributed by atoms with van der Waals surface area (Å²) in [6.45, 7) is 0.597. The number of nitrogens with two attached hydrogens (primary N) is 1. The molecule has 4 nitrogen and oxygen atoms in total. The van der Waals surface area contributed by atoms with Gasteiger partial charge in [-0.25, -0.2) is 0 Å². The van der Waals surface area contributed by atoms with Gasteiger partial charge in [-0.15, -0.1) is 0 Å². The number of pyridine rings is 1. The predicted molar refractivity (Wildman–Crippen MR) is 66.7 cm³/mol. The monoisotopic (exact) mass is 227 g/mol. The van der Waals surface area contributed by atoms with Crippen LogP contribution in [0.5, 0.6) is 0 Å². The molecule has 17 heavy (non-hydrogen) atoms. The summed E-state index contributed by atoms with van der Waals surface area (Å²) in [6.07, 6.45) is 3.98. The van der Waals surface area contributed by atoms with Crippen molar-refractivity contribution < 1.29 is 4.79 Å². The smallest absolute Gasteiger partial charge is 0.228 e. The van der Waals surface area contributed by atoms with Crippen LogP contribution < -0.4 is 10.6 Å². The molecule has 2 heterocycles. The molecule has 1 fully saturated rings. The van der Waals surface area contributed by atoms with E-state index in [1.807, 2.05) is 24.3 Å². The Bertz CT molecular complexity index is 576. The van der Waals surface area contributed by atoms with Crippen molar-refractivity contribution in [3.8, 4) is 0 Å². The highest BCUT2D eigenvalue weighted by atomic mass is 16.2. The molecule has 1 atom stereocenters. The van der Waals surface area contributed by atoms with Gasteiger partial charge in [0.2, 0.25) is 5.91 Å². The largest absolute Gasteiger partial charge is 0.326 e. The van der Waals surface area contributed by atoms with Gasteiger partial charge in [-0.2, -0.15) is 0 Å². The number of anilines is 1. The molecule has 86 valence electrons. The van der Waals surface area contributed by atoms with Gasteiger partial charge in [0, 0.05) is 42.2 Å². The van der Waals surface area contributed by atoms with Gasteiger partial charge in [0.05, 0.1) is 5.69 Å². The minimum atomic E-state index is -0.0559. The molecular weight excluding hydrogens is 214 g/mol. The fourth-order valence-electron chi connectivity index (χ4n) is 2.31. The molecular formula is C13H13N3O. The van der Waals surface area contributed by atoms with Crippen LogP contribution in [0.1, 0.15) is 6.42 Å². The van der Waals surface area contributed by atoms with E-state index in [-0.39, 0.29) is 11.9 Å². The van der Waals surface area contributed by atoms with Gasteiger partial charge in [0.25, 0.3) is 0 Å². The minimum absolute atomic E-state index is 0.0559. The van der Waals surface area contributed by atoms with E-state index in [1.54, 1.807) is 17.3 Å². The van der Waals surface area contributed by atoms with Crippen LogP contribution in [0, 0.1) is 0 Å². The average molecular weight is 227 g/mol. The van der Waals surface area contributed by atoms with Gasteiger partial charge in [-0.05, 0) is 12.1 Å². The number of fused-ring (bicyclic) bond motifs is 1. The molecule has 0 bridgehead atoms. The van der Waals surface area contributed by atoms with Crippen molar-refractivity contribution in [2.45, 2.75) is 12.5 Å². The lowest BCUT2D eigenvalue weighted by Crippen LogP contribution is -2.28. The van der Waals surface area contributed by atoms with E-state index in [0.717, 1.165) is 16.5 Å². The first-order valence-corrected chi connectivity index (χ1v) is 5.64. The molecule has 1 amide bonds. The number of rotatable bonds is 1. The number of nitrogens with zero attached hydrogens (tertiary/aromatic N) is 2. The van der Waals surface area contributed by atoms with Crippen LogP contribution >= 0.6 is 0 Å². The van der Waals surface area contributed by atoms with Crippen molar-refractivity contribution in [3.63, 3.8) is 0 Å². The summed E-state index contributed by atoms with van der Waals surface area (Å²) in [5.41, 5.74) is 6.76. The summed E-state index contributed by atoms with van der Waals surface area (Å²) in [5.74, 6) is 0.0989. The van der Waals surface area contributed by atoms with Crippen LogP contribution in [0.3, 0.4) is 0 Å². The lowest BCUT2D eigenvalue weighted by Gasteiger charge is -2.18. The highest BCUT2D eigenvalue weighted by molar-refractivity contribution is 6.04. The van der Waals surface area contributed by atoms with Gasteiger partial charge in [-0.1, -0.05) is 12.1 Å². The molecule has 3 rings (SSSR count). The Kier molecular flexibility index (Phi) is 2.30. The molecule has 1 aliphatic heterocycles. The molecule has 1 aromatic heterocycles.